The second-order valence-electron chi connectivity index (χ2n) is 3.60. The van der Waals surface area contributed by atoms with Crippen LogP contribution >= 0.6 is 0 Å². The number of aldehydes is 1. The predicted octanol–water partition coefficient (Wildman–Crippen LogP) is 1.97. The summed E-state index contributed by atoms with van der Waals surface area (Å²) in [4.78, 5) is 35.0. The smallest absolute Gasteiger partial charge is 0.269 e. The second kappa shape index (κ2) is 4.62. The van der Waals surface area contributed by atoms with E-state index in [0.29, 0.717) is 17.4 Å². The van der Waals surface area contributed by atoms with E-state index in [0.717, 1.165) is 0 Å². The van der Waals surface area contributed by atoms with Gasteiger partial charge in [-0.25, -0.2) is 0 Å². The number of rotatable bonds is 4. The summed E-state index contributed by atoms with van der Waals surface area (Å²) in [7, 11) is 0. The van der Waals surface area contributed by atoms with E-state index in [2.05, 4.69) is 4.98 Å². The van der Waals surface area contributed by atoms with Gasteiger partial charge in [0.15, 0.2) is 6.29 Å². The second-order valence-corrected chi connectivity index (χ2v) is 3.60. The molecule has 1 heterocycles. The molecular weight excluding hydrogens is 236 g/mol. The quantitative estimate of drug-likeness (QED) is 0.385. The first-order valence-electron chi connectivity index (χ1n) is 5.04. The van der Waals surface area contributed by atoms with Crippen LogP contribution in [-0.4, -0.2) is 22.0 Å². The number of carbonyl (C=O) groups excluding carboxylic acids is 2. The van der Waals surface area contributed by atoms with Crippen molar-refractivity contribution in [2.24, 2.45) is 0 Å². The van der Waals surface area contributed by atoms with Crippen LogP contribution in [0.25, 0.3) is 0 Å². The fourth-order valence-electron chi connectivity index (χ4n) is 1.50. The van der Waals surface area contributed by atoms with E-state index in [1.807, 2.05) is 0 Å². The number of aromatic nitrogens is 1. The summed E-state index contributed by atoms with van der Waals surface area (Å²) in [6, 6.07) is 6.70. The van der Waals surface area contributed by atoms with E-state index in [-0.39, 0.29) is 17.2 Å². The summed E-state index contributed by atoms with van der Waals surface area (Å²) in [5.74, 6) is -0.321. The van der Waals surface area contributed by atoms with Gasteiger partial charge in [-0.1, -0.05) is 0 Å². The van der Waals surface area contributed by atoms with Crippen LogP contribution in [0.5, 0.6) is 0 Å². The molecule has 0 radical (unpaired) electrons. The monoisotopic (exact) mass is 244 g/mol. The van der Waals surface area contributed by atoms with Crippen LogP contribution in [0.1, 0.15) is 26.4 Å². The Morgan fingerprint density at radius 2 is 1.94 bits per heavy atom. The van der Waals surface area contributed by atoms with Crippen LogP contribution in [0.4, 0.5) is 5.69 Å². The molecular formula is C12H8N2O4. The molecule has 0 aliphatic carbocycles. The fourth-order valence-corrected chi connectivity index (χ4v) is 1.50. The Labute approximate surface area is 101 Å². The number of H-pyrrole nitrogens is 1. The highest BCUT2D eigenvalue weighted by atomic mass is 16.6. The van der Waals surface area contributed by atoms with Crippen molar-refractivity contribution in [3.63, 3.8) is 0 Å². The van der Waals surface area contributed by atoms with Crippen LogP contribution in [0.3, 0.4) is 0 Å². The lowest BCUT2D eigenvalue weighted by molar-refractivity contribution is -0.384. The van der Waals surface area contributed by atoms with Crippen molar-refractivity contribution in [2.45, 2.75) is 0 Å². The molecule has 90 valence electrons. The molecule has 0 unspecified atom stereocenters. The Bertz CT molecular complexity index is 613. The van der Waals surface area contributed by atoms with E-state index in [1.165, 1.54) is 36.5 Å². The minimum Gasteiger partial charge on any atom is -0.358 e. The lowest BCUT2D eigenvalue weighted by Gasteiger charge is -1.97. The zero-order valence-electron chi connectivity index (χ0n) is 9.12. The maximum absolute atomic E-state index is 11.9. The van der Waals surface area contributed by atoms with Crippen LogP contribution in [0.15, 0.2) is 36.5 Å². The van der Waals surface area contributed by atoms with E-state index in [9.17, 15) is 19.7 Å². The summed E-state index contributed by atoms with van der Waals surface area (Å²) >= 11 is 0. The minimum absolute atomic E-state index is 0.0772. The summed E-state index contributed by atoms with van der Waals surface area (Å²) in [5.41, 5.74) is 0.887. The van der Waals surface area contributed by atoms with Gasteiger partial charge in [0, 0.05) is 29.5 Å². The number of nitrogens with zero attached hydrogens (tertiary/aromatic N) is 1. The zero-order valence-corrected chi connectivity index (χ0v) is 9.12. The zero-order chi connectivity index (χ0) is 13.1. The first-order chi connectivity index (χ1) is 8.61. The molecule has 6 heteroatoms. The Morgan fingerprint density at radius 1 is 1.28 bits per heavy atom. The van der Waals surface area contributed by atoms with Crippen molar-refractivity contribution in [1.82, 2.24) is 4.98 Å². The summed E-state index contributed by atoms with van der Waals surface area (Å²) in [6.07, 6.45) is 2.05. The number of hydrogen-bond donors (Lipinski definition) is 1. The molecule has 1 N–H and O–H groups in total. The van der Waals surface area contributed by atoms with Gasteiger partial charge in [0.05, 0.1) is 10.6 Å². The SMILES string of the molecule is O=Cc1c[nH]c(C(=O)c2ccc([N+](=O)[O-])cc2)c1. The normalized spacial score (nSPS) is 10.0. The Morgan fingerprint density at radius 3 is 2.44 bits per heavy atom. The predicted molar refractivity (Wildman–Crippen MR) is 62.7 cm³/mol. The lowest BCUT2D eigenvalue weighted by Crippen LogP contribution is -2.01. The molecule has 0 spiro atoms. The van der Waals surface area contributed by atoms with Gasteiger partial charge in [-0.15, -0.1) is 0 Å². The molecule has 1 aromatic carbocycles. The first kappa shape index (κ1) is 11.7. The van der Waals surface area contributed by atoms with Gasteiger partial charge in [0.25, 0.3) is 5.69 Å². The Hall–Kier alpha value is -2.76. The molecule has 2 aromatic rings. The van der Waals surface area contributed by atoms with Gasteiger partial charge in [-0.3, -0.25) is 19.7 Å². The van der Waals surface area contributed by atoms with Crippen molar-refractivity contribution in [1.29, 1.82) is 0 Å². The van der Waals surface area contributed by atoms with Crippen molar-refractivity contribution in [3.05, 3.63) is 63.5 Å². The number of non-ortho nitro benzene ring substituents is 1. The average Bonchev–Trinajstić information content (AvgIpc) is 2.86. The number of ketones is 1. The number of nitrogens with one attached hydrogen (secondary N) is 1. The van der Waals surface area contributed by atoms with Gasteiger partial charge in [-0.2, -0.15) is 0 Å². The average molecular weight is 244 g/mol. The molecule has 0 fully saturated rings. The van der Waals surface area contributed by atoms with E-state index >= 15 is 0 Å². The van der Waals surface area contributed by atoms with E-state index in [1.54, 1.807) is 0 Å². The van der Waals surface area contributed by atoms with Gasteiger partial charge < -0.3 is 4.98 Å². The molecule has 1 aromatic heterocycles. The fraction of sp³-hybridized carbons (Fsp3) is 0. The maximum atomic E-state index is 11.9. The summed E-state index contributed by atoms with van der Waals surface area (Å²) in [6.45, 7) is 0. The van der Waals surface area contributed by atoms with Crippen LogP contribution in [-0.2, 0) is 0 Å². The molecule has 0 aliphatic rings. The van der Waals surface area contributed by atoms with Crippen molar-refractivity contribution in [3.8, 4) is 0 Å². The van der Waals surface area contributed by atoms with E-state index in [4.69, 9.17) is 0 Å². The number of aromatic amines is 1. The summed E-state index contributed by atoms with van der Waals surface area (Å²) < 4.78 is 0. The number of hydrogen-bond acceptors (Lipinski definition) is 4. The number of benzene rings is 1. The Balaban J connectivity index is 2.28. The molecule has 0 bridgehead atoms. The van der Waals surface area contributed by atoms with Gasteiger partial charge >= 0.3 is 0 Å². The van der Waals surface area contributed by atoms with Crippen molar-refractivity contribution < 1.29 is 14.5 Å². The maximum Gasteiger partial charge on any atom is 0.269 e. The van der Waals surface area contributed by atoms with Crippen LogP contribution in [0, 0.1) is 10.1 Å². The molecule has 0 amide bonds. The highest BCUT2D eigenvalue weighted by molar-refractivity contribution is 6.08. The third-order valence-electron chi connectivity index (χ3n) is 2.43. The molecule has 0 aliphatic heterocycles. The van der Waals surface area contributed by atoms with Crippen molar-refractivity contribution >= 4 is 17.8 Å². The molecule has 18 heavy (non-hydrogen) atoms. The largest absolute Gasteiger partial charge is 0.358 e. The topological polar surface area (TPSA) is 93.1 Å². The molecule has 0 saturated carbocycles. The minimum atomic E-state index is -0.534. The number of carbonyl (C=O) groups is 2. The molecule has 2 rings (SSSR count). The van der Waals surface area contributed by atoms with Crippen molar-refractivity contribution in [2.75, 3.05) is 0 Å². The standard InChI is InChI=1S/C12H8N2O4/c15-7-8-5-11(13-6-8)12(16)9-1-3-10(4-2-9)14(17)18/h1-7,13H. The van der Waals surface area contributed by atoms with Gasteiger partial charge in [-0.05, 0) is 18.2 Å². The molecule has 0 atom stereocenters. The number of nitro benzene ring substituents is 1. The third-order valence-corrected chi connectivity index (χ3v) is 2.43. The highest BCUT2D eigenvalue weighted by Gasteiger charge is 2.13. The van der Waals surface area contributed by atoms with Crippen LogP contribution in [0.2, 0.25) is 0 Å². The van der Waals surface area contributed by atoms with Gasteiger partial charge in [0.2, 0.25) is 5.78 Å². The Kier molecular flexibility index (Phi) is 3.01. The lowest BCUT2D eigenvalue weighted by atomic mass is 10.1. The highest BCUT2D eigenvalue weighted by Crippen LogP contribution is 2.15. The number of nitro groups is 1. The third kappa shape index (κ3) is 2.17. The van der Waals surface area contributed by atoms with E-state index < -0.39 is 4.92 Å². The molecule has 6 nitrogen and oxygen atoms in total. The summed E-state index contributed by atoms with van der Waals surface area (Å²) in [5, 5.41) is 10.5. The molecule has 0 saturated heterocycles. The first-order valence-corrected chi connectivity index (χ1v) is 5.04. The van der Waals surface area contributed by atoms with Crippen LogP contribution < -0.4 is 0 Å². The van der Waals surface area contributed by atoms with Gasteiger partial charge in [0.1, 0.15) is 0 Å².